The van der Waals surface area contributed by atoms with E-state index in [1.807, 2.05) is 6.92 Å². The molecule has 0 amide bonds. The summed E-state index contributed by atoms with van der Waals surface area (Å²) in [6, 6.07) is 1.74. The fourth-order valence-corrected chi connectivity index (χ4v) is 2.99. The first-order valence-electron chi connectivity index (χ1n) is 6.39. The SMILES string of the molecule is Cc1cc2c(c(C)c1C(O)CO)C(=O)C(C)(C)[C@@H]2O. The van der Waals surface area contributed by atoms with Crippen LogP contribution in [0.4, 0.5) is 0 Å². The lowest BCUT2D eigenvalue weighted by atomic mass is 9.86. The number of aryl methyl sites for hydroxylation is 1. The van der Waals surface area contributed by atoms with Crippen molar-refractivity contribution in [1.29, 1.82) is 0 Å². The van der Waals surface area contributed by atoms with E-state index >= 15 is 0 Å². The molecule has 0 saturated heterocycles. The molecule has 0 aromatic heterocycles. The Hall–Kier alpha value is -1.23. The van der Waals surface area contributed by atoms with Crippen molar-refractivity contribution < 1.29 is 20.1 Å². The normalized spacial score (nSPS) is 22.5. The molecule has 1 aliphatic rings. The van der Waals surface area contributed by atoms with Gasteiger partial charge in [0.25, 0.3) is 0 Å². The summed E-state index contributed by atoms with van der Waals surface area (Å²) < 4.78 is 0. The van der Waals surface area contributed by atoms with Crippen LogP contribution < -0.4 is 0 Å². The summed E-state index contributed by atoms with van der Waals surface area (Å²) in [5.74, 6) is -0.112. The molecule has 2 rings (SSSR count). The number of carbonyl (C=O) groups excluding carboxylic acids is 1. The summed E-state index contributed by atoms with van der Waals surface area (Å²) in [7, 11) is 0. The van der Waals surface area contributed by atoms with Crippen LogP contribution in [0, 0.1) is 19.3 Å². The van der Waals surface area contributed by atoms with Crippen LogP contribution in [0.25, 0.3) is 0 Å². The van der Waals surface area contributed by atoms with Crippen LogP contribution in [0.15, 0.2) is 6.07 Å². The average molecular weight is 264 g/mol. The number of aliphatic hydroxyl groups is 3. The Bertz CT molecular complexity index is 546. The van der Waals surface area contributed by atoms with Gasteiger partial charge in [-0.1, -0.05) is 6.07 Å². The maximum absolute atomic E-state index is 12.4. The Kier molecular flexibility index (Phi) is 3.29. The summed E-state index contributed by atoms with van der Waals surface area (Å²) in [6.45, 7) is 6.62. The fraction of sp³-hybridized carbons (Fsp3) is 0.533. The second kappa shape index (κ2) is 4.40. The molecule has 0 spiro atoms. The van der Waals surface area contributed by atoms with Gasteiger partial charge >= 0.3 is 0 Å². The van der Waals surface area contributed by atoms with Crippen molar-refractivity contribution in [2.45, 2.75) is 39.9 Å². The molecule has 0 radical (unpaired) electrons. The van der Waals surface area contributed by atoms with Crippen LogP contribution in [-0.2, 0) is 0 Å². The molecule has 19 heavy (non-hydrogen) atoms. The van der Waals surface area contributed by atoms with Crippen molar-refractivity contribution in [2.24, 2.45) is 5.41 Å². The van der Waals surface area contributed by atoms with Crippen molar-refractivity contribution in [3.8, 4) is 0 Å². The zero-order valence-electron chi connectivity index (χ0n) is 11.7. The molecule has 1 aliphatic carbocycles. The van der Waals surface area contributed by atoms with Crippen LogP contribution in [0.1, 0.15) is 58.7 Å². The maximum atomic E-state index is 12.4. The molecule has 0 fully saturated rings. The van der Waals surface area contributed by atoms with Gasteiger partial charge in [0.15, 0.2) is 5.78 Å². The lowest BCUT2D eigenvalue weighted by molar-refractivity contribution is 0.0491. The highest BCUT2D eigenvalue weighted by atomic mass is 16.3. The third kappa shape index (κ3) is 1.83. The molecular formula is C15H20O4. The number of hydrogen-bond donors (Lipinski definition) is 3. The number of aliphatic hydroxyl groups excluding tert-OH is 3. The third-order valence-corrected chi connectivity index (χ3v) is 4.16. The molecule has 104 valence electrons. The first kappa shape index (κ1) is 14.2. The van der Waals surface area contributed by atoms with Gasteiger partial charge in [0, 0.05) is 5.56 Å². The molecule has 3 N–H and O–H groups in total. The van der Waals surface area contributed by atoms with Gasteiger partial charge in [-0.2, -0.15) is 0 Å². The van der Waals surface area contributed by atoms with E-state index in [9.17, 15) is 15.0 Å². The Morgan fingerprint density at radius 2 is 1.95 bits per heavy atom. The molecule has 0 bridgehead atoms. The zero-order valence-corrected chi connectivity index (χ0v) is 11.7. The number of carbonyl (C=O) groups is 1. The Balaban J connectivity index is 2.73. The first-order valence-corrected chi connectivity index (χ1v) is 6.39. The van der Waals surface area contributed by atoms with Crippen molar-refractivity contribution >= 4 is 5.78 Å². The topological polar surface area (TPSA) is 77.8 Å². The summed E-state index contributed by atoms with van der Waals surface area (Å²) in [4.78, 5) is 12.4. The van der Waals surface area contributed by atoms with Gasteiger partial charge in [0.2, 0.25) is 0 Å². The quantitative estimate of drug-likeness (QED) is 0.758. The largest absolute Gasteiger partial charge is 0.393 e. The van der Waals surface area contributed by atoms with Crippen molar-refractivity contribution in [3.05, 3.63) is 33.9 Å². The van der Waals surface area contributed by atoms with Gasteiger partial charge in [-0.3, -0.25) is 4.79 Å². The lowest BCUT2D eigenvalue weighted by Crippen LogP contribution is -2.23. The van der Waals surface area contributed by atoms with E-state index in [1.54, 1.807) is 26.8 Å². The van der Waals surface area contributed by atoms with E-state index in [1.165, 1.54) is 0 Å². The highest BCUT2D eigenvalue weighted by molar-refractivity contribution is 6.06. The van der Waals surface area contributed by atoms with E-state index in [0.29, 0.717) is 22.3 Å². The maximum Gasteiger partial charge on any atom is 0.172 e. The van der Waals surface area contributed by atoms with Gasteiger partial charge in [-0.15, -0.1) is 0 Å². The lowest BCUT2D eigenvalue weighted by Gasteiger charge is -2.20. The predicted molar refractivity (Wildman–Crippen MR) is 71.0 cm³/mol. The summed E-state index contributed by atoms with van der Waals surface area (Å²) in [5, 5.41) is 29.3. The smallest absolute Gasteiger partial charge is 0.172 e. The molecule has 4 heteroatoms. The zero-order chi connectivity index (χ0) is 14.5. The minimum absolute atomic E-state index is 0.112. The van der Waals surface area contributed by atoms with E-state index < -0.39 is 17.6 Å². The van der Waals surface area contributed by atoms with E-state index in [4.69, 9.17) is 5.11 Å². The van der Waals surface area contributed by atoms with Gasteiger partial charge in [0.1, 0.15) is 6.10 Å². The number of Topliss-reactive ketones (excluding diaryl/α,β-unsaturated/α-hetero) is 1. The van der Waals surface area contributed by atoms with Crippen molar-refractivity contribution in [1.82, 2.24) is 0 Å². The van der Waals surface area contributed by atoms with Crippen LogP contribution in [0.2, 0.25) is 0 Å². The number of hydrogen-bond acceptors (Lipinski definition) is 4. The van der Waals surface area contributed by atoms with Crippen LogP contribution in [0.5, 0.6) is 0 Å². The highest BCUT2D eigenvalue weighted by Gasteiger charge is 2.47. The second-order valence-electron chi connectivity index (χ2n) is 5.85. The number of ketones is 1. The van der Waals surface area contributed by atoms with Crippen molar-refractivity contribution in [2.75, 3.05) is 6.61 Å². The second-order valence-corrected chi connectivity index (χ2v) is 5.85. The molecule has 1 unspecified atom stereocenters. The molecule has 1 aromatic carbocycles. The van der Waals surface area contributed by atoms with Crippen LogP contribution in [0.3, 0.4) is 0 Å². The number of fused-ring (bicyclic) bond motifs is 1. The fourth-order valence-electron chi connectivity index (χ4n) is 2.99. The molecule has 0 heterocycles. The molecule has 1 aromatic rings. The van der Waals surface area contributed by atoms with E-state index in [0.717, 1.165) is 5.56 Å². The average Bonchev–Trinajstić information content (AvgIpc) is 2.51. The summed E-state index contributed by atoms with van der Waals surface area (Å²) in [6.07, 6.45) is -1.83. The third-order valence-electron chi connectivity index (χ3n) is 4.16. The number of benzene rings is 1. The Labute approximate surface area is 112 Å². The number of rotatable bonds is 2. The van der Waals surface area contributed by atoms with Gasteiger partial charge in [0.05, 0.1) is 18.1 Å². The van der Waals surface area contributed by atoms with Gasteiger partial charge in [-0.25, -0.2) is 0 Å². The Morgan fingerprint density at radius 1 is 1.37 bits per heavy atom. The molecule has 4 nitrogen and oxygen atoms in total. The van der Waals surface area contributed by atoms with Gasteiger partial charge in [-0.05, 0) is 49.9 Å². The van der Waals surface area contributed by atoms with Crippen molar-refractivity contribution in [3.63, 3.8) is 0 Å². The highest BCUT2D eigenvalue weighted by Crippen LogP contribution is 2.47. The molecular weight excluding hydrogens is 244 g/mol. The van der Waals surface area contributed by atoms with Crippen LogP contribution in [-0.4, -0.2) is 27.7 Å². The minimum atomic E-state index is -1.00. The predicted octanol–water partition coefficient (Wildman–Crippen LogP) is 1.59. The van der Waals surface area contributed by atoms with E-state index in [-0.39, 0.29) is 12.4 Å². The monoisotopic (exact) mass is 264 g/mol. The van der Waals surface area contributed by atoms with E-state index in [2.05, 4.69) is 0 Å². The first-order chi connectivity index (χ1) is 8.73. The summed E-state index contributed by atoms with van der Waals surface area (Å²) >= 11 is 0. The standard InChI is InChI=1S/C15H20O4/c1-7-5-9-12(8(2)11(7)10(17)6-16)14(19)15(3,4)13(9)18/h5,10,13,16-18H,6H2,1-4H3/t10?,13-/m1/s1. The van der Waals surface area contributed by atoms with Crippen LogP contribution >= 0.6 is 0 Å². The molecule has 2 atom stereocenters. The molecule has 0 aliphatic heterocycles. The molecule has 0 saturated carbocycles. The Morgan fingerprint density at radius 3 is 2.47 bits per heavy atom. The van der Waals surface area contributed by atoms with Gasteiger partial charge < -0.3 is 15.3 Å². The summed E-state index contributed by atoms with van der Waals surface area (Å²) in [5.41, 5.74) is 2.29. The minimum Gasteiger partial charge on any atom is -0.393 e.